The third-order valence-corrected chi connectivity index (χ3v) is 7.23. The number of hydrogen-bond acceptors (Lipinski definition) is 5. The van der Waals surface area contributed by atoms with Crippen LogP contribution in [0.25, 0.3) is 6.08 Å². The minimum absolute atomic E-state index is 0.0251. The van der Waals surface area contributed by atoms with Crippen LogP contribution in [0.3, 0.4) is 0 Å². The van der Waals surface area contributed by atoms with Gasteiger partial charge in [-0.1, -0.05) is 29.8 Å². The molecule has 0 bridgehead atoms. The minimum Gasteiger partial charge on any atom is -0.330 e. The lowest BCUT2D eigenvalue weighted by Gasteiger charge is -2.37. The SMILES string of the molecule is C=CCN(CC(=O)N1CCc2sccc2C1c1ccc(Cl)cc1)C(=O)/C=C/c1ccc([N+](=O)[O-])cc1. The van der Waals surface area contributed by atoms with Crippen LogP contribution in [0.15, 0.2) is 78.7 Å². The highest BCUT2D eigenvalue weighted by Gasteiger charge is 2.33. The quantitative estimate of drug-likeness (QED) is 0.169. The molecule has 4 rings (SSSR count). The van der Waals surface area contributed by atoms with Gasteiger partial charge in [0.05, 0.1) is 11.0 Å². The van der Waals surface area contributed by atoms with Gasteiger partial charge >= 0.3 is 0 Å². The summed E-state index contributed by atoms with van der Waals surface area (Å²) in [5.41, 5.74) is 2.68. The highest BCUT2D eigenvalue weighted by Crippen LogP contribution is 2.38. The van der Waals surface area contributed by atoms with E-state index in [-0.39, 0.29) is 36.6 Å². The summed E-state index contributed by atoms with van der Waals surface area (Å²) in [6, 6.07) is 15.2. The number of carbonyl (C=O) groups excluding carboxylic acids is 2. The summed E-state index contributed by atoms with van der Waals surface area (Å²) in [4.78, 5) is 41.3. The van der Waals surface area contributed by atoms with Crippen molar-refractivity contribution in [2.24, 2.45) is 0 Å². The molecule has 0 spiro atoms. The highest BCUT2D eigenvalue weighted by molar-refractivity contribution is 7.10. The van der Waals surface area contributed by atoms with E-state index in [2.05, 4.69) is 12.6 Å². The maximum Gasteiger partial charge on any atom is 0.269 e. The van der Waals surface area contributed by atoms with Gasteiger partial charge in [-0.05, 0) is 64.9 Å². The van der Waals surface area contributed by atoms with Crippen molar-refractivity contribution >= 4 is 46.5 Å². The molecule has 0 aliphatic carbocycles. The summed E-state index contributed by atoms with van der Waals surface area (Å²) >= 11 is 7.78. The van der Waals surface area contributed by atoms with Crippen LogP contribution in [0.2, 0.25) is 5.02 Å². The van der Waals surface area contributed by atoms with E-state index in [4.69, 9.17) is 11.6 Å². The van der Waals surface area contributed by atoms with Crippen molar-refractivity contribution in [2.45, 2.75) is 12.5 Å². The van der Waals surface area contributed by atoms with Crippen LogP contribution < -0.4 is 0 Å². The molecule has 0 N–H and O–H groups in total. The molecule has 184 valence electrons. The normalized spacial score (nSPS) is 14.9. The van der Waals surface area contributed by atoms with Gasteiger partial charge in [0.25, 0.3) is 5.69 Å². The average Bonchev–Trinajstić information content (AvgIpc) is 3.36. The standard InChI is InChI=1S/C27H24ClN3O4S/c1-2-15-29(25(32)12-5-19-3-10-22(11-4-19)31(34)35)18-26(33)30-16-13-24-23(14-17-36-24)27(30)20-6-8-21(28)9-7-20/h2-12,14,17,27H,1,13,15-16,18H2/b12-5+. The number of benzene rings is 2. The lowest BCUT2D eigenvalue weighted by molar-refractivity contribution is -0.384. The van der Waals surface area contributed by atoms with Gasteiger partial charge in [-0.2, -0.15) is 0 Å². The Balaban J connectivity index is 1.52. The molecule has 1 aromatic heterocycles. The number of non-ortho nitro benzene ring substituents is 1. The molecule has 2 heterocycles. The zero-order valence-corrected chi connectivity index (χ0v) is 21.0. The Hall–Kier alpha value is -3.75. The largest absolute Gasteiger partial charge is 0.330 e. The Bertz CT molecular complexity index is 1300. The zero-order chi connectivity index (χ0) is 25.7. The monoisotopic (exact) mass is 521 g/mol. The van der Waals surface area contributed by atoms with Crippen LogP contribution in [-0.4, -0.2) is 46.2 Å². The second-order valence-electron chi connectivity index (χ2n) is 8.28. The molecule has 7 nitrogen and oxygen atoms in total. The van der Waals surface area contributed by atoms with Gasteiger partial charge in [-0.3, -0.25) is 19.7 Å². The lowest BCUT2D eigenvalue weighted by Crippen LogP contribution is -2.46. The first-order valence-electron chi connectivity index (χ1n) is 11.3. The fourth-order valence-electron chi connectivity index (χ4n) is 4.21. The summed E-state index contributed by atoms with van der Waals surface area (Å²) in [6.07, 6.45) is 5.27. The molecule has 1 atom stereocenters. The minimum atomic E-state index is -0.479. The molecule has 2 amide bonds. The zero-order valence-electron chi connectivity index (χ0n) is 19.4. The Morgan fingerprint density at radius 3 is 2.56 bits per heavy atom. The number of nitrogens with zero attached hydrogens (tertiary/aromatic N) is 3. The van der Waals surface area contributed by atoms with Gasteiger partial charge in [0, 0.05) is 41.2 Å². The fourth-order valence-corrected chi connectivity index (χ4v) is 5.24. The van der Waals surface area contributed by atoms with Crippen molar-refractivity contribution in [3.63, 3.8) is 0 Å². The average molecular weight is 522 g/mol. The van der Waals surface area contributed by atoms with E-state index in [9.17, 15) is 19.7 Å². The maximum absolute atomic E-state index is 13.5. The first-order valence-corrected chi connectivity index (χ1v) is 12.6. The number of fused-ring (bicyclic) bond motifs is 1. The molecule has 0 fully saturated rings. The van der Waals surface area contributed by atoms with Crippen LogP contribution in [0, 0.1) is 10.1 Å². The number of amides is 2. The van der Waals surface area contributed by atoms with Gasteiger partial charge in [0.15, 0.2) is 0 Å². The lowest BCUT2D eigenvalue weighted by atomic mass is 9.93. The fraction of sp³-hybridized carbons (Fsp3) is 0.185. The summed E-state index contributed by atoms with van der Waals surface area (Å²) < 4.78 is 0. The number of thiophene rings is 1. The van der Waals surface area contributed by atoms with Crippen LogP contribution >= 0.6 is 22.9 Å². The molecular weight excluding hydrogens is 498 g/mol. The Morgan fingerprint density at radius 1 is 1.17 bits per heavy atom. The van der Waals surface area contributed by atoms with Crippen molar-refractivity contribution in [3.05, 3.63) is 115 Å². The van der Waals surface area contributed by atoms with Gasteiger partial charge in [-0.15, -0.1) is 17.9 Å². The maximum atomic E-state index is 13.5. The molecule has 3 aromatic rings. The van der Waals surface area contributed by atoms with Gasteiger partial charge in [0.1, 0.15) is 6.54 Å². The summed E-state index contributed by atoms with van der Waals surface area (Å²) in [7, 11) is 0. The molecule has 0 saturated carbocycles. The molecular formula is C27H24ClN3O4S. The van der Waals surface area contributed by atoms with E-state index < -0.39 is 4.92 Å². The Morgan fingerprint density at radius 2 is 1.89 bits per heavy atom. The van der Waals surface area contributed by atoms with Crippen molar-refractivity contribution < 1.29 is 14.5 Å². The van der Waals surface area contributed by atoms with Gasteiger partial charge in [-0.25, -0.2) is 0 Å². The number of hydrogen-bond donors (Lipinski definition) is 0. The van der Waals surface area contributed by atoms with E-state index in [0.29, 0.717) is 17.1 Å². The molecule has 1 unspecified atom stereocenters. The van der Waals surface area contributed by atoms with Crippen molar-refractivity contribution in [1.82, 2.24) is 9.80 Å². The van der Waals surface area contributed by atoms with Crippen LogP contribution in [0.1, 0.15) is 27.6 Å². The second kappa shape index (κ2) is 11.3. The number of carbonyl (C=O) groups is 2. The third kappa shape index (κ3) is 5.72. The number of nitro benzene ring substituents is 1. The first kappa shape index (κ1) is 25.3. The van der Waals surface area contributed by atoms with E-state index in [1.807, 2.05) is 34.5 Å². The summed E-state index contributed by atoms with van der Waals surface area (Å²) in [6.45, 7) is 4.38. The predicted molar refractivity (Wildman–Crippen MR) is 142 cm³/mol. The molecule has 1 aliphatic heterocycles. The number of rotatable bonds is 8. The molecule has 2 aromatic carbocycles. The van der Waals surface area contributed by atoms with Crippen LogP contribution in [0.4, 0.5) is 5.69 Å². The first-order chi connectivity index (χ1) is 17.4. The predicted octanol–water partition coefficient (Wildman–Crippen LogP) is 5.51. The van der Waals surface area contributed by atoms with Crippen molar-refractivity contribution in [3.8, 4) is 0 Å². The van der Waals surface area contributed by atoms with Gasteiger partial charge in [0.2, 0.25) is 11.8 Å². The van der Waals surface area contributed by atoms with E-state index in [1.54, 1.807) is 35.6 Å². The van der Waals surface area contributed by atoms with E-state index in [1.165, 1.54) is 28.0 Å². The second-order valence-corrected chi connectivity index (χ2v) is 9.72. The molecule has 0 saturated heterocycles. The van der Waals surface area contributed by atoms with Crippen LogP contribution in [0.5, 0.6) is 0 Å². The Kier molecular flexibility index (Phi) is 7.97. The number of halogens is 1. The molecule has 0 radical (unpaired) electrons. The topological polar surface area (TPSA) is 83.8 Å². The van der Waals surface area contributed by atoms with Crippen molar-refractivity contribution in [1.29, 1.82) is 0 Å². The molecule has 36 heavy (non-hydrogen) atoms. The highest BCUT2D eigenvalue weighted by atomic mass is 35.5. The van der Waals surface area contributed by atoms with Crippen molar-refractivity contribution in [2.75, 3.05) is 19.6 Å². The summed E-state index contributed by atoms with van der Waals surface area (Å²) in [5, 5.41) is 13.5. The Labute approximate surface area is 218 Å². The van der Waals surface area contributed by atoms with Gasteiger partial charge < -0.3 is 9.80 Å². The number of nitro groups is 1. The molecule has 1 aliphatic rings. The van der Waals surface area contributed by atoms with Crippen LogP contribution in [-0.2, 0) is 16.0 Å². The third-order valence-electron chi connectivity index (χ3n) is 5.98. The smallest absolute Gasteiger partial charge is 0.269 e. The summed E-state index contributed by atoms with van der Waals surface area (Å²) in [5.74, 6) is -0.511. The van der Waals surface area contributed by atoms with E-state index in [0.717, 1.165) is 17.5 Å². The van der Waals surface area contributed by atoms with E-state index >= 15 is 0 Å². The molecule has 9 heteroatoms.